The maximum absolute atomic E-state index is 13.0. The van der Waals surface area contributed by atoms with Crippen LogP contribution in [0.4, 0.5) is 5.69 Å². The zero-order valence-corrected chi connectivity index (χ0v) is 14.2. The molecule has 2 heterocycles. The lowest BCUT2D eigenvalue weighted by Crippen LogP contribution is -2.36. The van der Waals surface area contributed by atoms with Gasteiger partial charge in [-0.05, 0) is 61.8 Å². The standard InChI is InChI=1S/C17H22N2O3S/c1-12(20)18-10-8-14-11-15(6-7-16(14)18)23(21,22)19-9-2-3-17(19)13-4-5-13/h6-7,11,13,17H,2-5,8-10H2,1H3. The number of amides is 1. The predicted molar refractivity (Wildman–Crippen MR) is 87.8 cm³/mol. The van der Waals surface area contributed by atoms with Crippen LogP contribution in [0.1, 0.15) is 38.2 Å². The summed E-state index contributed by atoms with van der Waals surface area (Å²) < 4.78 is 27.8. The third-order valence-electron chi connectivity index (χ3n) is 5.35. The molecule has 1 atom stereocenters. The number of nitrogens with zero attached hydrogens (tertiary/aromatic N) is 2. The van der Waals surface area contributed by atoms with Crippen molar-refractivity contribution in [2.75, 3.05) is 18.0 Å². The summed E-state index contributed by atoms with van der Waals surface area (Å²) in [6.45, 7) is 2.83. The van der Waals surface area contributed by atoms with Crippen LogP contribution in [0, 0.1) is 5.92 Å². The van der Waals surface area contributed by atoms with Crippen molar-refractivity contribution in [1.82, 2.24) is 4.31 Å². The van der Waals surface area contributed by atoms with Crippen molar-refractivity contribution in [3.63, 3.8) is 0 Å². The first-order valence-electron chi connectivity index (χ1n) is 8.41. The van der Waals surface area contributed by atoms with Gasteiger partial charge in [-0.3, -0.25) is 4.79 Å². The van der Waals surface area contributed by atoms with E-state index in [-0.39, 0.29) is 11.9 Å². The Labute approximate surface area is 137 Å². The number of rotatable bonds is 3. The van der Waals surface area contributed by atoms with Gasteiger partial charge in [0.2, 0.25) is 15.9 Å². The third kappa shape index (κ3) is 2.48. The Kier molecular flexibility index (Phi) is 3.50. The minimum Gasteiger partial charge on any atom is -0.312 e. The molecule has 6 heteroatoms. The Bertz CT molecular complexity index is 755. The van der Waals surface area contributed by atoms with E-state index in [9.17, 15) is 13.2 Å². The van der Waals surface area contributed by atoms with Crippen LogP contribution >= 0.6 is 0 Å². The fourth-order valence-electron chi connectivity index (χ4n) is 4.02. The Morgan fingerprint density at radius 1 is 1.17 bits per heavy atom. The molecule has 1 aromatic rings. The molecule has 1 saturated carbocycles. The maximum atomic E-state index is 13.0. The van der Waals surface area contributed by atoms with E-state index in [0.717, 1.165) is 43.4 Å². The first-order valence-corrected chi connectivity index (χ1v) is 9.85. The minimum absolute atomic E-state index is 0.00713. The second-order valence-electron chi connectivity index (χ2n) is 6.87. The highest BCUT2D eigenvalue weighted by molar-refractivity contribution is 7.89. The van der Waals surface area contributed by atoms with E-state index in [1.807, 2.05) is 0 Å². The van der Waals surface area contributed by atoms with Gasteiger partial charge in [0.15, 0.2) is 0 Å². The molecule has 0 spiro atoms. The summed E-state index contributed by atoms with van der Waals surface area (Å²) >= 11 is 0. The number of hydrogen-bond acceptors (Lipinski definition) is 3. The predicted octanol–water partition coefficient (Wildman–Crippen LogP) is 2.16. The average Bonchev–Trinajstić information content (AvgIpc) is 3.09. The minimum atomic E-state index is -3.42. The third-order valence-corrected chi connectivity index (χ3v) is 7.27. The van der Waals surface area contributed by atoms with Crippen LogP contribution in [0.2, 0.25) is 0 Å². The molecule has 23 heavy (non-hydrogen) atoms. The molecule has 2 aliphatic heterocycles. The Hall–Kier alpha value is -1.40. The molecule has 1 unspecified atom stereocenters. The summed E-state index contributed by atoms with van der Waals surface area (Å²) in [5.41, 5.74) is 1.82. The van der Waals surface area contributed by atoms with Crippen LogP contribution in [0.25, 0.3) is 0 Å². The molecule has 3 aliphatic rings. The van der Waals surface area contributed by atoms with Gasteiger partial charge < -0.3 is 4.90 Å². The lowest BCUT2D eigenvalue weighted by atomic mass is 10.1. The normalized spacial score (nSPS) is 24.9. The van der Waals surface area contributed by atoms with Crippen molar-refractivity contribution in [3.8, 4) is 0 Å². The van der Waals surface area contributed by atoms with Gasteiger partial charge in [-0.1, -0.05) is 0 Å². The van der Waals surface area contributed by atoms with Crippen LogP contribution in [-0.4, -0.2) is 37.8 Å². The zero-order chi connectivity index (χ0) is 16.2. The van der Waals surface area contributed by atoms with Gasteiger partial charge >= 0.3 is 0 Å². The maximum Gasteiger partial charge on any atom is 0.243 e. The molecule has 4 rings (SSSR count). The van der Waals surface area contributed by atoms with Crippen molar-refractivity contribution in [2.45, 2.75) is 50.0 Å². The molecule has 5 nitrogen and oxygen atoms in total. The van der Waals surface area contributed by atoms with Gasteiger partial charge in [0.1, 0.15) is 0 Å². The molecule has 0 N–H and O–H groups in total. The summed E-state index contributed by atoms with van der Waals surface area (Å²) in [6.07, 6.45) is 5.00. The first kappa shape index (κ1) is 15.1. The highest BCUT2D eigenvalue weighted by Crippen LogP contribution is 2.42. The summed E-state index contributed by atoms with van der Waals surface area (Å²) in [6, 6.07) is 5.42. The van der Waals surface area contributed by atoms with Crippen LogP contribution < -0.4 is 4.90 Å². The number of carbonyl (C=O) groups is 1. The van der Waals surface area contributed by atoms with E-state index >= 15 is 0 Å². The fraction of sp³-hybridized carbons (Fsp3) is 0.588. The van der Waals surface area contributed by atoms with Gasteiger partial charge in [-0.15, -0.1) is 0 Å². The average molecular weight is 334 g/mol. The van der Waals surface area contributed by atoms with Crippen LogP contribution in [0.3, 0.4) is 0 Å². The molecular weight excluding hydrogens is 312 g/mol. The highest BCUT2D eigenvalue weighted by atomic mass is 32.2. The molecule has 124 valence electrons. The van der Waals surface area contributed by atoms with E-state index in [1.54, 1.807) is 34.3 Å². The SMILES string of the molecule is CC(=O)N1CCc2cc(S(=O)(=O)N3CCCC3C3CC3)ccc21. The number of hydrogen-bond donors (Lipinski definition) is 0. The lowest BCUT2D eigenvalue weighted by molar-refractivity contribution is -0.116. The summed E-state index contributed by atoms with van der Waals surface area (Å²) in [4.78, 5) is 13.7. The monoisotopic (exact) mass is 334 g/mol. The van der Waals surface area contributed by atoms with Crippen molar-refractivity contribution in [1.29, 1.82) is 0 Å². The van der Waals surface area contributed by atoms with E-state index < -0.39 is 10.0 Å². The molecule has 0 radical (unpaired) electrons. The number of fused-ring (bicyclic) bond motifs is 1. The zero-order valence-electron chi connectivity index (χ0n) is 13.4. The molecule has 0 aromatic heterocycles. The summed E-state index contributed by atoms with van der Waals surface area (Å²) in [5.74, 6) is 0.572. The number of carbonyl (C=O) groups excluding carboxylic acids is 1. The molecule has 1 aromatic carbocycles. The Morgan fingerprint density at radius 3 is 2.65 bits per heavy atom. The van der Waals surface area contributed by atoms with Crippen molar-refractivity contribution in [3.05, 3.63) is 23.8 Å². The molecule has 2 fully saturated rings. The van der Waals surface area contributed by atoms with Gasteiger partial charge in [-0.25, -0.2) is 8.42 Å². The highest BCUT2D eigenvalue weighted by Gasteiger charge is 2.43. The number of sulfonamides is 1. The van der Waals surface area contributed by atoms with Gasteiger partial charge in [0.05, 0.1) is 4.90 Å². The molecule has 0 bridgehead atoms. The summed E-state index contributed by atoms with van der Waals surface area (Å²) in [5, 5.41) is 0. The van der Waals surface area contributed by atoms with Crippen molar-refractivity contribution < 1.29 is 13.2 Å². The van der Waals surface area contributed by atoms with Gasteiger partial charge in [0.25, 0.3) is 0 Å². The second kappa shape index (κ2) is 5.31. The largest absolute Gasteiger partial charge is 0.312 e. The van der Waals surface area contributed by atoms with Gasteiger partial charge in [0, 0.05) is 31.7 Å². The molecular formula is C17H22N2O3S. The van der Waals surface area contributed by atoms with E-state index in [2.05, 4.69) is 0 Å². The van der Waals surface area contributed by atoms with E-state index in [4.69, 9.17) is 0 Å². The summed E-state index contributed by atoms with van der Waals surface area (Å²) in [7, 11) is -3.42. The van der Waals surface area contributed by atoms with Crippen LogP contribution in [-0.2, 0) is 21.2 Å². The van der Waals surface area contributed by atoms with Crippen LogP contribution in [0.15, 0.2) is 23.1 Å². The van der Waals surface area contributed by atoms with Crippen molar-refractivity contribution >= 4 is 21.6 Å². The topological polar surface area (TPSA) is 57.7 Å². The number of benzene rings is 1. The first-order chi connectivity index (χ1) is 11.0. The Balaban J connectivity index is 1.66. The molecule has 1 amide bonds. The molecule has 1 saturated heterocycles. The number of anilines is 1. The van der Waals surface area contributed by atoms with E-state index in [1.165, 1.54) is 0 Å². The quantitative estimate of drug-likeness (QED) is 0.851. The second-order valence-corrected chi connectivity index (χ2v) is 8.76. The smallest absolute Gasteiger partial charge is 0.243 e. The van der Waals surface area contributed by atoms with Crippen molar-refractivity contribution in [2.24, 2.45) is 5.92 Å². The lowest BCUT2D eigenvalue weighted by Gasteiger charge is -2.24. The Morgan fingerprint density at radius 2 is 1.96 bits per heavy atom. The molecule has 1 aliphatic carbocycles. The van der Waals surface area contributed by atoms with E-state index in [0.29, 0.717) is 23.9 Å². The fourth-order valence-corrected chi connectivity index (χ4v) is 5.82. The van der Waals surface area contributed by atoms with Crippen LogP contribution in [0.5, 0.6) is 0 Å². The van der Waals surface area contributed by atoms with Gasteiger partial charge in [-0.2, -0.15) is 4.31 Å².